The molecule has 0 N–H and O–H groups in total. The molecule has 16 heavy (non-hydrogen) atoms. The van der Waals surface area contributed by atoms with Gasteiger partial charge in [-0.05, 0) is 26.0 Å². The van der Waals surface area contributed by atoms with Crippen LogP contribution >= 0.6 is 11.8 Å². The topological polar surface area (TPSA) is 57.9 Å². The minimum atomic E-state index is -1.16. The van der Waals surface area contributed by atoms with Crippen molar-refractivity contribution in [3.05, 3.63) is 29.8 Å². The van der Waals surface area contributed by atoms with Gasteiger partial charge in [0.2, 0.25) is 5.12 Å². The Morgan fingerprint density at radius 3 is 2.31 bits per heavy atom. The van der Waals surface area contributed by atoms with E-state index in [0.717, 1.165) is 22.2 Å². The fourth-order valence-electron chi connectivity index (χ4n) is 1.09. The van der Waals surface area contributed by atoms with E-state index in [1.54, 1.807) is 18.2 Å². The van der Waals surface area contributed by atoms with Crippen LogP contribution in [-0.2, 0) is 9.59 Å². The first kappa shape index (κ1) is 12.5. The number of carbonyl (C=O) groups excluding carboxylic acids is 2. The number of rotatable bonds is 3. The molecule has 0 amide bonds. The first-order chi connectivity index (χ1) is 7.54. The number of nitriles is 1. The van der Waals surface area contributed by atoms with Gasteiger partial charge in [0.05, 0.1) is 6.07 Å². The van der Waals surface area contributed by atoms with Crippen LogP contribution in [-0.4, -0.2) is 10.9 Å². The van der Waals surface area contributed by atoms with Gasteiger partial charge in [-0.1, -0.05) is 29.5 Å². The van der Waals surface area contributed by atoms with E-state index in [1.807, 2.05) is 19.1 Å². The number of hydrogen-bond acceptors (Lipinski definition) is 4. The average Bonchev–Trinajstić information content (AvgIpc) is 2.22. The van der Waals surface area contributed by atoms with E-state index in [2.05, 4.69) is 0 Å². The maximum atomic E-state index is 11.6. The zero-order valence-electron chi connectivity index (χ0n) is 9.06. The summed E-state index contributed by atoms with van der Waals surface area (Å²) in [5.41, 5.74) is 1.10. The van der Waals surface area contributed by atoms with Gasteiger partial charge < -0.3 is 0 Å². The minimum Gasteiger partial charge on any atom is -0.298 e. The molecule has 0 heterocycles. The minimum absolute atomic E-state index is 0.410. The first-order valence-electron chi connectivity index (χ1n) is 4.73. The molecule has 0 aliphatic heterocycles. The monoisotopic (exact) mass is 233 g/mol. The van der Waals surface area contributed by atoms with Crippen molar-refractivity contribution in [2.45, 2.75) is 18.7 Å². The highest BCUT2D eigenvalue weighted by Crippen LogP contribution is 2.22. The zero-order chi connectivity index (χ0) is 12.1. The summed E-state index contributed by atoms with van der Waals surface area (Å²) in [5, 5.41) is 8.27. The Bertz CT molecular complexity index is 445. The lowest BCUT2D eigenvalue weighted by Crippen LogP contribution is -2.17. The number of thioether (sulfide) groups is 1. The molecule has 0 aliphatic rings. The van der Waals surface area contributed by atoms with Crippen molar-refractivity contribution < 1.29 is 9.59 Å². The van der Waals surface area contributed by atoms with Crippen LogP contribution in [0.2, 0.25) is 0 Å². The Hall–Kier alpha value is -1.60. The molecule has 0 aromatic heterocycles. The molecule has 3 nitrogen and oxygen atoms in total. The summed E-state index contributed by atoms with van der Waals surface area (Å²) in [6.45, 7) is 3.20. The van der Waals surface area contributed by atoms with E-state index in [4.69, 9.17) is 5.26 Å². The average molecular weight is 233 g/mol. The molecule has 0 saturated carbocycles. The second-order valence-corrected chi connectivity index (χ2v) is 4.48. The molecule has 0 radical (unpaired) electrons. The van der Waals surface area contributed by atoms with Gasteiger partial charge in [0.1, 0.15) is 0 Å². The van der Waals surface area contributed by atoms with Gasteiger partial charge in [0.25, 0.3) is 0 Å². The number of carbonyl (C=O) groups is 2. The van der Waals surface area contributed by atoms with Crippen molar-refractivity contribution in [2.24, 2.45) is 5.92 Å². The predicted molar refractivity (Wildman–Crippen MR) is 61.8 cm³/mol. The Labute approximate surface area is 98.5 Å². The van der Waals surface area contributed by atoms with Crippen LogP contribution in [0.4, 0.5) is 0 Å². The molecule has 1 aromatic carbocycles. The SMILES string of the molecule is CC(=O)C(C#N)C(=O)Sc1ccc(C)cc1. The van der Waals surface area contributed by atoms with E-state index < -0.39 is 16.8 Å². The van der Waals surface area contributed by atoms with E-state index in [9.17, 15) is 9.59 Å². The molecule has 1 rings (SSSR count). The van der Waals surface area contributed by atoms with Crippen molar-refractivity contribution in [1.82, 2.24) is 0 Å². The van der Waals surface area contributed by atoms with Crippen molar-refractivity contribution in [2.75, 3.05) is 0 Å². The number of nitrogens with zero attached hydrogens (tertiary/aromatic N) is 1. The molecule has 0 saturated heterocycles. The van der Waals surface area contributed by atoms with Crippen LogP contribution in [0, 0.1) is 24.2 Å². The number of ketones is 1. The molecule has 0 bridgehead atoms. The van der Waals surface area contributed by atoms with Crippen LogP contribution in [0.3, 0.4) is 0 Å². The molecular formula is C12H11NO2S. The lowest BCUT2D eigenvalue weighted by molar-refractivity contribution is -0.124. The Morgan fingerprint density at radius 2 is 1.88 bits per heavy atom. The summed E-state index contributed by atoms with van der Waals surface area (Å²) >= 11 is 0.931. The lowest BCUT2D eigenvalue weighted by atomic mass is 10.1. The molecule has 0 spiro atoms. The van der Waals surface area contributed by atoms with Crippen LogP contribution in [0.25, 0.3) is 0 Å². The molecule has 1 atom stereocenters. The van der Waals surface area contributed by atoms with E-state index in [-0.39, 0.29) is 0 Å². The summed E-state index contributed by atoms with van der Waals surface area (Å²) in [7, 11) is 0. The van der Waals surface area contributed by atoms with Gasteiger partial charge in [-0.2, -0.15) is 5.26 Å². The van der Waals surface area contributed by atoms with E-state index >= 15 is 0 Å². The quantitative estimate of drug-likeness (QED) is 0.594. The van der Waals surface area contributed by atoms with Crippen molar-refractivity contribution in [1.29, 1.82) is 5.26 Å². The Kier molecular flexibility index (Phi) is 4.27. The highest BCUT2D eigenvalue weighted by molar-refractivity contribution is 8.13. The molecule has 82 valence electrons. The number of benzene rings is 1. The summed E-state index contributed by atoms with van der Waals surface area (Å²) in [6.07, 6.45) is 0. The summed E-state index contributed by atoms with van der Waals surface area (Å²) in [4.78, 5) is 23.3. The van der Waals surface area contributed by atoms with E-state index in [1.165, 1.54) is 6.92 Å². The van der Waals surface area contributed by atoms with Crippen LogP contribution in [0.15, 0.2) is 29.2 Å². The number of aryl methyl sites for hydroxylation is 1. The normalized spacial score (nSPS) is 11.6. The van der Waals surface area contributed by atoms with Crippen LogP contribution in [0.5, 0.6) is 0 Å². The highest BCUT2D eigenvalue weighted by atomic mass is 32.2. The summed E-state index contributed by atoms with van der Waals surface area (Å²) < 4.78 is 0. The maximum absolute atomic E-state index is 11.6. The molecule has 0 aliphatic carbocycles. The summed E-state index contributed by atoms with van der Waals surface area (Å²) in [6, 6.07) is 9.07. The second kappa shape index (κ2) is 5.47. The Balaban J connectivity index is 2.75. The van der Waals surface area contributed by atoms with Gasteiger partial charge in [0.15, 0.2) is 11.7 Å². The molecular weight excluding hydrogens is 222 g/mol. The third kappa shape index (κ3) is 3.21. The van der Waals surface area contributed by atoms with Crippen LogP contribution in [0.1, 0.15) is 12.5 Å². The Morgan fingerprint density at radius 1 is 1.31 bits per heavy atom. The van der Waals surface area contributed by atoms with Crippen molar-refractivity contribution >= 4 is 22.7 Å². The largest absolute Gasteiger partial charge is 0.298 e. The molecule has 1 unspecified atom stereocenters. The van der Waals surface area contributed by atoms with E-state index in [0.29, 0.717) is 0 Å². The molecule has 1 aromatic rings. The molecule has 4 heteroatoms. The van der Waals surface area contributed by atoms with Crippen LogP contribution < -0.4 is 0 Å². The van der Waals surface area contributed by atoms with Crippen molar-refractivity contribution in [3.8, 4) is 6.07 Å². The van der Waals surface area contributed by atoms with Gasteiger partial charge >= 0.3 is 0 Å². The maximum Gasteiger partial charge on any atom is 0.218 e. The van der Waals surface area contributed by atoms with Gasteiger partial charge in [-0.15, -0.1) is 0 Å². The lowest BCUT2D eigenvalue weighted by Gasteiger charge is -2.03. The van der Waals surface area contributed by atoms with Gasteiger partial charge in [-0.3, -0.25) is 9.59 Å². The number of Topliss-reactive ketones (excluding diaryl/α,β-unsaturated/α-hetero) is 1. The molecule has 0 fully saturated rings. The predicted octanol–water partition coefficient (Wildman–Crippen LogP) is 2.34. The fourth-order valence-corrected chi connectivity index (χ4v) is 1.93. The fraction of sp³-hybridized carbons (Fsp3) is 0.250. The first-order valence-corrected chi connectivity index (χ1v) is 5.54. The highest BCUT2D eigenvalue weighted by Gasteiger charge is 2.23. The third-order valence-electron chi connectivity index (χ3n) is 2.01. The zero-order valence-corrected chi connectivity index (χ0v) is 9.88. The second-order valence-electron chi connectivity index (χ2n) is 3.41. The summed E-state index contributed by atoms with van der Waals surface area (Å²) in [5.74, 6) is -1.57. The third-order valence-corrected chi connectivity index (χ3v) is 2.96. The van der Waals surface area contributed by atoms with Gasteiger partial charge in [0, 0.05) is 4.90 Å². The smallest absolute Gasteiger partial charge is 0.218 e. The van der Waals surface area contributed by atoms with Crippen molar-refractivity contribution in [3.63, 3.8) is 0 Å². The number of hydrogen-bond donors (Lipinski definition) is 0. The standard InChI is InChI=1S/C12H11NO2S/c1-8-3-5-10(6-4-8)16-12(15)11(7-13)9(2)14/h3-6,11H,1-2H3. The van der Waals surface area contributed by atoms with Gasteiger partial charge in [-0.25, -0.2) is 0 Å².